The molecule has 0 radical (unpaired) electrons. The molecule has 0 amide bonds. The molecule has 1 heterocycles. The van der Waals surface area contributed by atoms with Crippen molar-refractivity contribution in [2.24, 2.45) is 4.99 Å². The number of halogens is 1. The number of fused-ring (bicyclic) bond motifs is 1. The predicted molar refractivity (Wildman–Crippen MR) is 102 cm³/mol. The highest BCUT2D eigenvalue weighted by Crippen LogP contribution is 2.27. The van der Waals surface area contributed by atoms with Crippen molar-refractivity contribution >= 4 is 15.8 Å². The van der Waals surface area contributed by atoms with Crippen LogP contribution < -0.4 is 15.4 Å². The van der Waals surface area contributed by atoms with E-state index in [0.717, 1.165) is 18.2 Å². The summed E-state index contributed by atoms with van der Waals surface area (Å²) >= 11 is 0. The van der Waals surface area contributed by atoms with Gasteiger partial charge in [-0.25, -0.2) is 12.8 Å². The molecule has 1 aliphatic heterocycles. The van der Waals surface area contributed by atoms with Crippen molar-refractivity contribution in [2.75, 3.05) is 25.9 Å². The van der Waals surface area contributed by atoms with Crippen LogP contribution in [0.25, 0.3) is 0 Å². The second-order valence-electron chi connectivity index (χ2n) is 6.18. The first-order chi connectivity index (χ1) is 13.0. The zero-order valence-electron chi connectivity index (χ0n) is 15.0. The molecular formula is C19H22FN3O3S. The van der Waals surface area contributed by atoms with Crippen molar-refractivity contribution in [2.45, 2.75) is 17.4 Å². The van der Waals surface area contributed by atoms with Gasteiger partial charge in [0.2, 0.25) is 0 Å². The molecule has 8 heteroatoms. The molecule has 144 valence electrons. The normalized spacial score (nSPS) is 16.5. The fraction of sp³-hybridized carbons (Fsp3) is 0.316. The number of sulfone groups is 1. The molecule has 3 rings (SSSR count). The number of hydrogen-bond donors (Lipinski definition) is 2. The lowest BCUT2D eigenvalue weighted by Gasteiger charge is -2.15. The zero-order valence-corrected chi connectivity index (χ0v) is 15.8. The lowest BCUT2D eigenvalue weighted by Crippen LogP contribution is -2.43. The number of rotatable bonds is 6. The van der Waals surface area contributed by atoms with Crippen LogP contribution in [0, 0.1) is 5.82 Å². The lowest BCUT2D eigenvalue weighted by atomic mass is 10.1. The Morgan fingerprint density at radius 3 is 2.67 bits per heavy atom. The first kappa shape index (κ1) is 19.2. The Morgan fingerprint density at radius 1 is 1.19 bits per heavy atom. The van der Waals surface area contributed by atoms with Crippen LogP contribution in [0.15, 0.2) is 58.4 Å². The predicted octanol–water partition coefficient (Wildman–Crippen LogP) is 1.77. The Morgan fingerprint density at radius 2 is 1.93 bits per heavy atom. The molecular weight excluding hydrogens is 369 g/mol. The SMILES string of the molecule is CN=C(NCCS(=O)(=O)c1ccccc1F)NCC1Cc2ccccc2O1. The van der Waals surface area contributed by atoms with E-state index in [1.807, 2.05) is 24.3 Å². The standard InChI is InChI=1S/C19H22FN3O3S/c1-21-19(23-13-15-12-14-6-2-4-8-17(14)26-15)22-10-11-27(24,25)18-9-5-3-7-16(18)20/h2-9,15H,10-13H2,1H3,(H2,21,22,23). The summed E-state index contributed by atoms with van der Waals surface area (Å²) in [4.78, 5) is 3.79. The van der Waals surface area contributed by atoms with Crippen LogP contribution in [-0.2, 0) is 16.3 Å². The molecule has 2 N–H and O–H groups in total. The van der Waals surface area contributed by atoms with Gasteiger partial charge in [-0.1, -0.05) is 30.3 Å². The molecule has 1 atom stereocenters. The summed E-state index contributed by atoms with van der Waals surface area (Å²) in [6.07, 6.45) is 0.796. The monoisotopic (exact) mass is 391 g/mol. The Balaban J connectivity index is 1.47. The lowest BCUT2D eigenvalue weighted by molar-refractivity contribution is 0.235. The molecule has 0 aliphatic carbocycles. The summed E-state index contributed by atoms with van der Waals surface area (Å²) in [6, 6.07) is 13.3. The van der Waals surface area contributed by atoms with Gasteiger partial charge in [-0.15, -0.1) is 0 Å². The fourth-order valence-corrected chi connectivity index (χ4v) is 4.15. The number of aliphatic imine (C=N–C) groups is 1. The maximum Gasteiger partial charge on any atom is 0.191 e. The summed E-state index contributed by atoms with van der Waals surface area (Å²) in [6.45, 7) is 0.649. The molecule has 0 saturated heterocycles. The average molecular weight is 391 g/mol. The summed E-state index contributed by atoms with van der Waals surface area (Å²) in [5.41, 5.74) is 1.17. The van der Waals surface area contributed by atoms with E-state index in [-0.39, 0.29) is 23.3 Å². The first-order valence-electron chi connectivity index (χ1n) is 8.66. The molecule has 0 fully saturated rings. The third-order valence-electron chi connectivity index (χ3n) is 4.27. The third kappa shape index (κ3) is 4.77. The molecule has 6 nitrogen and oxygen atoms in total. The van der Waals surface area contributed by atoms with E-state index in [0.29, 0.717) is 12.5 Å². The van der Waals surface area contributed by atoms with Crippen LogP contribution in [0.2, 0.25) is 0 Å². The van der Waals surface area contributed by atoms with Crippen molar-refractivity contribution in [1.82, 2.24) is 10.6 Å². The zero-order chi connectivity index (χ0) is 19.3. The Hall–Kier alpha value is -2.61. The van der Waals surface area contributed by atoms with Gasteiger partial charge in [0.15, 0.2) is 15.8 Å². The maximum atomic E-state index is 13.7. The molecule has 0 saturated carbocycles. The van der Waals surface area contributed by atoms with Gasteiger partial charge in [0, 0.05) is 20.0 Å². The largest absolute Gasteiger partial charge is 0.488 e. The molecule has 0 spiro atoms. The summed E-state index contributed by atoms with van der Waals surface area (Å²) in [7, 11) is -2.10. The third-order valence-corrected chi connectivity index (χ3v) is 6.01. The van der Waals surface area contributed by atoms with Gasteiger partial charge in [-0.3, -0.25) is 4.99 Å². The highest BCUT2D eigenvalue weighted by molar-refractivity contribution is 7.91. The van der Waals surface area contributed by atoms with E-state index in [1.165, 1.54) is 23.8 Å². The van der Waals surface area contributed by atoms with Crippen molar-refractivity contribution in [3.05, 3.63) is 59.9 Å². The summed E-state index contributed by atoms with van der Waals surface area (Å²) < 4.78 is 44.1. The van der Waals surface area contributed by atoms with E-state index in [1.54, 1.807) is 7.05 Å². The highest BCUT2D eigenvalue weighted by atomic mass is 32.2. The summed E-state index contributed by atoms with van der Waals surface area (Å²) in [5.74, 6) is 0.388. The van der Waals surface area contributed by atoms with Gasteiger partial charge in [0.1, 0.15) is 22.6 Å². The number of para-hydroxylation sites is 1. The van der Waals surface area contributed by atoms with E-state index in [2.05, 4.69) is 15.6 Å². The quantitative estimate of drug-likeness (QED) is 0.580. The van der Waals surface area contributed by atoms with Crippen LogP contribution in [-0.4, -0.2) is 46.4 Å². The van der Waals surface area contributed by atoms with Crippen molar-refractivity contribution in [1.29, 1.82) is 0 Å². The van der Waals surface area contributed by atoms with Gasteiger partial charge >= 0.3 is 0 Å². The molecule has 0 bridgehead atoms. The Labute approximate surface area is 158 Å². The Kier molecular flexibility index (Phi) is 5.95. The summed E-state index contributed by atoms with van der Waals surface area (Å²) in [5, 5.41) is 6.07. The highest BCUT2D eigenvalue weighted by Gasteiger charge is 2.22. The van der Waals surface area contributed by atoms with E-state index >= 15 is 0 Å². The van der Waals surface area contributed by atoms with Crippen LogP contribution >= 0.6 is 0 Å². The van der Waals surface area contributed by atoms with Gasteiger partial charge in [-0.05, 0) is 23.8 Å². The Bertz CT molecular complexity index is 906. The number of nitrogens with one attached hydrogen (secondary N) is 2. The molecule has 27 heavy (non-hydrogen) atoms. The van der Waals surface area contributed by atoms with Gasteiger partial charge < -0.3 is 15.4 Å². The van der Waals surface area contributed by atoms with Gasteiger partial charge in [-0.2, -0.15) is 0 Å². The van der Waals surface area contributed by atoms with Crippen molar-refractivity contribution in [3.8, 4) is 5.75 Å². The number of nitrogens with zero attached hydrogens (tertiary/aromatic N) is 1. The number of hydrogen-bond acceptors (Lipinski definition) is 4. The molecule has 1 unspecified atom stereocenters. The molecule has 2 aromatic carbocycles. The van der Waals surface area contributed by atoms with E-state index in [4.69, 9.17) is 4.74 Å². The minimum Gasteiger partial charge on any atom is -0.488 e. The fourth-order valence-electron chi connectivity index (χ4n) is 2.91. The van der Waals surface area contributed by atoms with Crippen LogP contribution in [0.3, 0.4) is 0 Å². The first-order valence-corrected chi connectivity index (χ1v) is 10.3. The number of benzene rings is 2. The van der Waals surface area contributed by atoms with Crippen LogP contribution in [0.5, 0.6) is 5.75 Å². The molecule has 1 aliphatic rings. The van der Waals surface area contributed by atoms with Crippen LogP contribution in [0.4, 0.5) is 4.39 Å². The van der Waals surface area contributed by atoms with Gasteiger partial charge in [0.25, 0.3) is 0 Å². The minimum atomic E-state index is -3.71. The van der Waals surface area contributed by atoms with Crippen molar-refractivity contribution < 1.29 is 17.5 Å². The van der Waals surface area contributed by atoms with E-state index in [9.17, 15) is 12.8 Å². The number of ether oxygens (including phenoxy) is 1. The maximum absolute atomic E-state index is 13.7. The topological polar surface area (TPSA) is 79.8 Å². The van der Waals surface area contributed by atoms with Crippen LogP contribution in [0.1, 0.15) is 5.56 Å². The second-order valence-corrected chi connectivity index (χ2v) is 8.26. The smallest absolute Gasteiger partial charge is 0.191 e. The number of guanidine groups is 1. The average Bonchev–Trinajstić information content (AvgIpc) is 3.07. The molecule has 2 aromatic rings. The van der Waals surface area contributed by atoms with Crippen molar-refractivity contribution in [3.63, 3.8) is 0 Å². The van der Waals surface area contributed by atoms with E-state index < -0.39 is 15.7 Å². The second kappa shape index (κ2) is 8.39. The van der Waals surface area contributed by atoms with Gasteiger partial charge in [0.05, 0.1) is 12.3 Å². The molecule has 0 aromatic heterocycles. The minimum absolute atomic E-state index is 0.0110.